The van der Waals surface area contributed by atoms with Gasteiger partial charge >= 0.3 is 0 Å². The fourth-order valence-electron chi connectivity index (χ4n) is 3.06. The molecule has 2 aromatic rings. The van der Waals surface area contributed by atoms with Crippen LogP contribution < -0.4 is 4.74 Å². The molecule has 1 aliphatic rings. The van der Waals surface area contributed by atoms with Gasteiger partial charge < -0.3 is 9.64 Å². The molecule has 0 bridgehead atoms. The third kappa shape index (κ3) is 4.39. The van der Waals surface area contributed by atoms with E-state index in [-0.39, 0.29) is 24.3 Å². The molecular formula is C19H21NO4S. The summed E-state index contributed by atoms with van der Waals surface area (Å²) in [6, 6.07) is 17.2. The van der Waals surface area contributed by atoms with Crippen molar-refractivity contribution >= 4 is 15.7 Å². The van der Waals surface area contributed by atoms with Gasteiger partial charge in [0, 0.05) is 12.6 Å². The molecule has 6 heteroatoms. The second-order valence-electron chi connectivity index (χ2n) is 6.08. The third-order valence-corrected chi connectivity index (χ3v) is 6.13. The molecule has 132 valence electrons. The van der Waals surface area contributed by atoms with Crippen LogP contribution in [-0.4, -0.2) is 44.2 Å². The number of likely N-dealkylation sites (tertiary alicyclic amines) is 1. The Bertz CT molecular complexity index is 806. The second-order valence-corrected chi connectivity index (χ2v) is 8.11. The molecule has 25 heavy (non-hydrogen) atoms. The normalized spacial score (nSPS) is 17.4. The van der Waals surface area contributed by atoms with Crippen LogP contribution in [0, 0.1) is 0 Å². The molecule has 0 saturated carbocycles. The summed E-state index contributed by atoms with van der Waals surface area (Å²) >= 11 is 0. The Kier molecular flexibility index (Phi) is 5.38. The van der Waals surface area contributed by atoms with E-state index >= 15 is 0 Å². The topological polar surface area (TPSA) is 63.7 Å². The highest BCUT2D eigenvalue weighted by molar-refractivity contribution is 7.91. The third-order valence-electron chi connectivity index (χ3n) is 4.32. The number of sulfone groups is 1. The molecule has 0 aromatic heterocycles. The zero-order valence-electron chi connectivity index (χ0n) is 13.9. The number of ether oxygens (including phenoxy) is 1. The van der Waals surface area contributed by atoms with E-state index in [9.17, 15) is 13.2 Å². The average Bonchev–Trinajstić information content (AvgIpc) is 3.09. The van der Waals surface area contributed by atoms with Crippen molar-refractivity contribution in [3.63, 3.8) is 0 Å². The zero-order valence-corrected chi connectivity index (χ0v) is 14.7. The number of carbonyl (C=O) groups is 1. The van der Waals surface area contributed by atoms with E-state index in [2.05, 4.69) is 0 Å². The summed E-state index contributed by atoms with van der Waals surface area (Å²) in [7, 11) is -3.41. The van der Waals surface area contributed by atoms with Crippen molar-refractivity contribution in [3.8, 4) is 5.75 Å². The first-order valence-electron chi connectivity index (χ1n) is 8.31. The van der Waals surface area contributed by atoms with Gasteiger partial charge in [-0.2, -0.15) is 0 Å². The highest BCUT2D eigenvalue weighted by Gasteiger charge is 2.33. The lowest BCUT2D eigenvalue weighted by atomic mass is 10.2. The van der Waals surface area contributed by atoms with E-state index in [0.717, 1.165) is 6.42 Å². The molecule has 2 aromatic carbocycles. The van der Waals surface area contributed by atoms with Gasteiger partial charge in [0.25, 0.3) is 5.91 Å². The fourth-order valence-corrected chi connectivity index (χ4v) is 4.68. The van der Waals surface area contributed by atoms with Crippen LogP contribution in [0.3, 0.4) is 0 Å². The van der Waals surface area contributed by atoms with Crippen LogP contribution in [-0.2, 0) is 14.6 Å². The Morgan fingerprint density at radius 1 is 1.04 bits per heavy atom. The van der Waals surface area contributed by atoms with Crippen LogP contribution in [0.5, 0.6) is 5.75 Å². The first-order valence-corrected chi connectivity index (χ1v) is 9.96. The molecule has 0 radical (unpaired) electrons. The van der Waals surface area contributed by atoms with Gasteiger partial charge in [-0.15, -0.1) is 0 Å². The Morgan fingerprint density at radius 2 is 1.68 bits per heavy atom. The van der Waals surface area contributed by atoms with Gasteiger partial charge in [-0.25, -0.2) is 8.42 Å². The molecular weight excluding hydrogens is 338 g/mol. The van der Waals surface area contributed by atoms with Gasteiger partial charge in [0.05, 0.1) is 10.6 Å². The Balaban J connectivity index is 1.63. The number of para-hydroxylation sites is 1. The maximum Gasteiger partial charge on any atom is 0.260 e. The van der Waals surface area contributed by atoms with E-state index < -0.39 is 9.84 Å². The van der Waals surface area contributed by atoms with E-state index in [0.29, 0.717) is 23.6 Å². The van der Waals surface area contributed by atoms with E-state index in [1.54, 1.807) is 47.4 Å². The average molecular weight is 359 g/mol. The van der Waals surface area contributed by atoms with E-state index in [1.807, 2.05) is 18.2 Å². The molecule has 1 unspecified atom stereocenters. The summed E-state index contributed by atoms with van der Waals surface area (Å²) in [6.07, 6.45) is 1.51. The van der Waals surface area contributed by atoms with Crippen molar-refractivity contribution in [1.82, 2.24) is 4.90 Å². The van der Waals surface area contributed by atoms with E-state index in [1.165, 1.54) is 0 Å². The van der Waals surface area contributed by atoms with Gasteiger partial charge in [0.2, 0.25) is 0 Å². The molecule has 1 aliphatic heterocycles. The number of rotatable bonds is 6. The standard InChI is InChI=1S/C19H21NO4S/c21-19(14-24-17-9-3-1-4-10-17)20-13-7-8-16(20)15-25(22,23)18-11-5-2-6-12-18/h1-6,9-12,16H,7-8,13-15H2. The maximum absolute atomic E-state index is 12.6. The van der Waals surface area contributed by atoms with Gasteiger partial charge in [0.1, 0.15) is 5.75 Å². The first-order chi connectivity index (χ1) is 12.1. The SMILES string of the molecule is O=C(COc1ccccc1)N1CCCC1CS(=O)(=O)c1ccccc1. The zero-order chi connectivity index (χ0) is 17.7. The molecule has 1 amide bonds. The minimum absolute atomic E-state index is 0.0475. The Morgan fingerprint density at radius 3 is 2.36 bits per heavy atom. The second kappa shape index (κ2) is 7.70. The largest absolute Gasteiger partial charge is 0.484 e. The Hall–Kier alpha value is -2.34. The van der Waals surface area contributed by atoms with Crippen molar-refractivity contribution in [3.05, 3.63) is 60.7 Å². The summed E-state index contributed by atoms with van der Waals surface area (Å²) in [5.41, 5.74) is 0. The molecule has 3 rings (SSSR count). The molecule has 5 nitrogen and oxygen atoms in total. The van der Waals surface area contributed by atoms with Gasteiger partial charge in [-0.05, 0) is 37.1 Å². The molecule has 0 aliphatic carbocycles. The predicted octanol–water partition coefficient (Wildman–Crippen LogP) is 2.53. The maximum atomic E-state index is 12.6. The number of hydrogen-bond acceptors (Lipinski definition) is 4. The molecule has 1 saturated heterocycles. The van der Waals surface area contributed by atoms with Crippen molar-refractivity contribution in [2.75, 3.05) is 18.9 Å². The summed E-state index contributed by atoms with van der Waals surface area (Å²) in [5, 5.41) is 0. The molecule has 0 spiro atoms. The highest BCUT2D eigenvalue weighted by atomic mass is 32.2. The number of amides is 1. The lowest BCUT2D eigenvalue weighted by Crippen LogP contribution is -2.42. The van der Waals surface area contributed by atoms with Crippen LogP contribution >= 0.6 is 0 Å². The summed E-state index contributed by atoms with van der Waals surface area (Å²) < 4.78 is 30.6. The van der Waals surface area contributed by atoms with Gasteiger partial charge in [-0.3, -0.25) is 4.79 Å². The smallest absolute Gasteiger partial charge is 0.260 e. The van der Waals surface area contributed by atoms with Crippen molar-refractivity contribution in [1.29, 1.82) is 0 Å². The van der Waals surface area contributed by atoms with Gasteiger partial charge in [-0.1, -0.05) is 36.4 Å². The molecule has 1 fully saturated rings. The highest BCUT2D eigenvalue weighted by Crippen LogP contribution is 2.22. The van der Waals surface area contributed by atoms with Crippen molar-refractivity contribution < 1.29 is 17.9 Å². The lowest BCUT2D eigenvalue weighted by molar-refractivity contribution is -0.133. The first kappa shape index (κ1) is 17.5. The monoisotopic (exact) mass is 359 g/mol. The quantitative estimate of drug-likeness (QED) is 0.795. The van der Waals surface area contributed by atoms with Crippen LogP contribution in [0.4, 0.5) is 0 Å². The summed E-state index contributed by atoms with van der Waals surface area (Å²) in [5.74, 6) is 0.409. The number of hydrogen-bond donors (Lipinski definition) is 0. The molecule has 1 atom stereocenters. The summed E-state index contributed by atoms with van der Waals surface area (Å²) in [4.78, 5) is 14.4. The lowest BCUT2D eigenvalue weighted by Gasteiger charge is -2.24. The van der Waals surface area contributed by atoms with Gasteiger partial charge in [0.15, 0.2) is 16.4 Å². The minimum Gasteiger partial charge on any atom is -0.484 e. The fraction of sp³-hybridized carbons (Fsp3) is 0.316. The van der Waals surface area contributed by atoms with Crippen LogP contribution in [0.15, 0.2) is 65.6 Å². The molecule has 0 N–H and O–H groups in total. The number of benzene rings is 2. The van der Waals surface area contributed by atoms with Crippen molar-refractivity contribution in [2.24, 2.45) is 0 Å². The predicted molar refractivity (Wildman–Crippen MR) is 95.2 cm³/mol. The van der Waals surface area contributed by atoms with Crippen LogP contribution in [0.25, 0.3) is 0 Å². The van der Waals surface area contributed by atoms with Crippen LogP contribution in [0.2, 0.25) is 0 Å². The Labute approximate surface area is 148 Å². The van der Waals surface area contributed by atoms with E-state index in [4.69, 9.17) is 4.74 Å². The molecule has 1 heterocycles. The van der Waals surface area contributed by atoms with Crippen LogP contribution in [0.1, 0.15) is 12.8 Å². The number of nitrogens with zero attached hydrogens (tertiary/aromatic N) is 1. The number of carbonyl (C=O) groups excluding carboxylic acids is 1. The summed E-state index contributed by atoms with van der Waals surface area (Å²) in [6.45, 7) is 0.498. The minimum atomic E-state index is -3.41. The van der Waals surface area contributed by atoms with Crippen molar-refractivity contribution in [2.45, 2.75) is 23.8 Å².